The fraction of sp³-hybridized carbons (Fsp3) is 0.364. The van der Waals surface area contributed by atoms with E-state index in [-0.39, 0.29) is 11.8 Å². The van der Waals surface area contributed by atoms with Gasteiger partial charge in [0.15, 0.2) is 0 Å². The standard InChI is InChI=1S/C11H13ClFN3O/c12-8-5-9(13)7-10(6-8)14-1-3-16-4-2-15-11(16)17/h5-7,14H,1-4H2,(H,15,17). The normalized spacial score (nSPS) is 14.9. The maximum atomic E-state index is 13.0. The monoisotopic (exact) mass is 257 g/mol. The van der Waals surface area contributed by atoms with Gasteiger partial charge in [0.1, 0.15) is 5.82 Å². The van der Waals surface area contributed by atoms with E-state index in [0.717, 1.165) is 0 Å². The van der Waals surface area contributed by atoms with Crippen molar-refractivity contribution in [1.82, 2.24) is 10.2 Å². The molecular weight excluding hydrogens is 245 g/mol. The Kier molecular flexibility index (Phi) is 3.68. The maximum absolute atomic E-state index is 13.0. The van der Waals surface area contributed by atoms with E-state index in [0.29, 0.717) is 36.9 Å². The quantitative estimate of drug-likeness (QED) is 0.866. The van der Waals surface area contributed by atoms with E-state index >= 15 is 0 Å². The van der Waals surface area contributed by atoms with Crippen LogP contribution in [-0.2, 0) is 0 Å². The fourth-order valence-electron chi connectivity index (χ4n) is 1.72. The summed E-state index contributed by atoms with van der Waals surface area (Å²) in [6.45, 7) is 2.54. The van der Waals surface area contributed by atoms with Gasteiger partial charge in [0, 0.05) is 36.9 Å². The molecule has 0 spiro atoms. The minimum absolute atomic E-state index is 0.0518. The Balaban J connectivity index is 1.83. The van der Waals surface area contributed by atoms with E-state index in [4.69, 9.17) is 11.6 Å². The van der Waals surface area contributed by atoms with Gasteiger partial charge in [0.2, 0.25) is 0 Å². The van der Waals surface area contributed by atoms with Crippen molar-refractivity contribution in [2.24, 2.45) is 0 Å². The Morgan fingerprint density at radius 1 is 1.47 bits per heavy atom. The lowest BCUT2D eigenvalue weighted by Gasteiger charge is -2.15. The molecule has 1 aromatic rings. The third-order valence-corrected chi connectivity index (χ3v) is 2.74. The average Bonchev–Trinajstić information content (AvgIpc) is 2.63. The van der Waals surface area contributed by atoms with E-state index in [1.807, 2.05) is 0 Å². The van der Waals surface area contributed by atoms with Crippen LogP contribution in [0.1, 0.15) is 0 Å². The zero-order valence-corrected chi connectivity index (χ0v) is 9.93. The van der Waals surface area contributed by atoms with Crippen molar-refractivity contribution >= 4 is 23.3 Å². The number of benzene rings is 1. The molecule has 92 valence electrons. The van der Waals surface area contributed by atoms with Gasteiger partial charge in [0.05, 0.1) is 0 Å². The molecule has 1 fully saturated rings. The molecule has 0 bridgehead atoms. The first-order valence-corrected chi connectivity index (χ1v) is 5.76. The second-order valence-corrected chi connectivity index (χ2v) is 4.24. The Labute approximate surface area is 104 Å². The molecule has 1 saturated heterocycles. The minimum Gasteiger partial charge on any atom is -0.383 e. The van der Waals surface area contributed by atoms with Crippen LogP contribution in [0.5, 0.6) is 0 Å². The average molecular weight is 258 g/mol. The summed E-state index contributed by atoms with van der Waals surface area (Å²) in [5, 5.41) is 6.10. The van der Waals surface area contributed by atoms with Gasteiger partial charge >= 0.3 is 6.03 Å². The largest absolute Gasteiger partial charge is 0.383 e. The summed E-state index contributed by atoms with van der Waals surface area (Å²) in [5.74, 6) is -0.376. The third kappa shape index (κ3) is 3.23. The SMILES string of the molecule is O=C1NCCN1CCNc1cc(F)cc(Cl)c1. The van der Waals surface area contributed by atoms with Gasteiger partial charge < -0.3 is 15.5 Å². The zero-order valence-electron chi connectivity index (χ0n) is 9.17. The van der Waals surface area contributed by atoms with Crippen LogP contribution in [0.2, 0.25) is 5.02 Å². The van der Waals surface area contributed by atoms with Gasteiger partial charge in [-0.1, -0.05) is 11.6 Å². The summed E-state index contributed by atoms with van der Waals surface area (Å²) in [5.41, 5.74) is 0.620. The lowest BCUT2D eigenvalue weighted by molar-refractivity contribution is 0.219. The molecule has 0 radical (unpaired) electrons. The molecule has 17 heavy (non-hydrogen) atoms. The van der Waals surface area contributed by atoms with Crippen LogP contribution in [0.3, 0.4) is 0 Å². The Morgan fingerprint density at radius 3 is 2.94 bits per heavy atom. The molecule has 0 aromatic heterocycles. The highest BCUT2D eigenvalue weighted by molar-refractivity contribution is 6.30. The highest BCUT2D eigenvalue weighted by Gasteiger charge is 2.18. The number of nitrogens with zero attached hydrogens (tertiary/aromatic N) is 1. The first-order valence-electron chi connectivity index (χ1n) is 5.38. The molecule has 1 aliphatic heterocycles. The molecule has 2 rings (SSSR count). The number of nitrogens with one attached hydrogen (secondary N) is 2. The number of amides is 2. The summed E-state index contributed by atoms with van der Waals surface area (Å²) >= 11 is 5.72. The van der Waals surface area contributed by atoms with E-state index in [2.05, 4.69) is 10.6 Å². The number of rotatable bonds is 4. The number of hydrogen-bond acceptors (Lipinski definition) is 2. The number of carbonyl (C=O) groups is 1. The highest BCUT2D eigenvalue weighted by atomic mass is 35.5. The smallest absolute Gasteiger partial charge is 0.317 e. The Hall–Kier alpha value is -1.49. The molecule has 1 aromatic carbocycles. The first kappa shape index (κ1) is 12.0. The lowest BCUT2D eigenvalue weighted by atomic mass is 10.3. The fourth-order valence-corrected chi connectivity index (χ4v) is 1.94. The lowest BCUT2D eigenvalue weighted by Crippen LogP contribution is -2.32. The van der Waals surface area contributed by atoms with Crippen molar-refractivity contribution < 1.29 is 9.18 Å². The van der Waals surface area contributed by atoms with Crippen LogP contribution >= 0.6 is 11.6 Å². The summed E-state index contributed by atoms with van der Waals surface area (Å²) in [6, 6.07) is 4.22. The maximum Gasteiger partial charge on any atom is 0.317 e. The highest BCUT2D eigenvalue weighted by Crippen LogP contribution is 2.17. The van der Waals surface area contributed by atoms with Crippen LogP contribution in [0, 0.1) is 5.82 Å². The second kappa shape index (κ2) is 5.23. The molecule has 0 unspecified atom stereocenters. The van der Waals surface area contributed by atoms with Crippen LogP contribution in [0.4, 0.5) is 14.9 Å². The molecule has 4 nitrogen and oxygen atoms in total. The minimum atomic E-state index is -0.376. The van der Waals surface area contributed by atoms with Gasteiger partial charge in [0.25, 0.3) is 0 Å². The Bertz CT molecular complexity index is 407. The van der Waals surface area contributed by atoms with Crippen molar-refractivity contribution in [3.05, 3.63) is 29.0 Å². The number of anilines is 1. The van der Waals surface area contributed by atoms with Crippen LogP contribution in [0.15, 0.2) is 18.2 Å². The van der Waals surface area contributed by atoms with Crippen molar-refractivity contribution in [2.45, 2.75) is 0 Å². The van der Waals surface area contributed by atoms with Crippen molar-refractivity contribution in [3.8, 4) is 0 Å². The molecule has 0 saturated carbocycles. The molecule has 6 heteroatoms. The van der Waals surface area contributed by atoms with Crippen molar-refractivity contribution in [2.75, 3.05) is 31.5 Å². The third-order valence-electron chi connectivity index (χ3n) is 2.52. The number of carbonyl (C=O) groups excluding carboxylic acids is 1. The van der Waals surface area contributed by atoms with E-state index in [1.165, 1.54) is 12.1 Å². The van der Waals surface area contributed by atoms with Gasteiger partial charge in [-0.3, -0.25) is 0 Å². The molecule has 1 aliphatic rings. The van der Waals surface area contributed by atoms with Crippen molar-refractivity contribution in [1.29, 1.82) is 0 Å². The van der Waals surface area contributed by atoms with E-state index in [9.17, 15) is 9.18 Å². The molecule has 1 heterocycles. The van der Waals surface area contributed by atoms with Gasteiger partial charge in [-0.15, -0.1) is 0 Å². The topological polar surface area (TPSA) is 44.4 Å². The van der Waals surface area contributed by atoms with E-state index in [1.54, 1.807) is 11.0 Å². The summed E-state index contributed by atoms with van der Waals surface area (Å²) in [7, 11) is 0. The predicted molar refractivity (Wildman–Crippen MR) is 64.9 cm³/mol. The predicted octanol–water partition coefficient (Wildman–Crippen LogP) is 1.92. The molecule has 2 amide bonds. The van der Waals surface area contributed by atoms with Gasteiger partial charge in [-0.2, -0.15) is 0 Å². The van der Waals surface area contributed by atoms with Crippen molar-refractivity contribution in [3.63, 3.8) is 0 Å². The molecule has 0 atom stereocenters. The van der Waals surface area contributed by atoms with Gasteiger partial charge in [-0.25, -0.2) is 9.18 Å². The van der Waals surface area contributed by atoms with Crippen LogP contribution < -0.4 is 10.6 Å². The van der Waals surface area contributed by atoms with E-state index < -0.39 is 0 Å². The summed E-state index contributed by atoms with van der Waals surface area (Å²) < 4.78 is 13.0. The summed E-state index contributed by atoms with van der Waals surface area (Å²) in [6.07, 6.45) is 0. The zero-order chi connectivity index (χ0) is 12.3. The first-order chi connectivity index (χ1) is 8.15. The van der Waals surface area contributed by atoms with Crippen LogP contribution in [0.25, 0.3) is 0 Å². The molecular formula is C11H13ClFN3O. The second-order valence-electron chi connectivity index (χ2n) is 3.80. The number of hydrogen-bond donors (Lipinski definition) is 2. The molecule has 0 aliphatic carbocycles. The Morgan fingerprint density at radius 2 is 2.29 bits per heavy atom. The van der Waals surface area contributed by atoms with Crippen LogP contribution in [-0.4, -0.2) is 37.1 Å². The number of halogens is 2. The number of urea groups is 1. The molecule has 2 N–H and O–H groups in total. The summed E-state index contributed by atoms with van der Waals surface area (Å²) in [4.78, 5) is 12.9. The van der Waals surface area contributed by atoms with Gasteiger partial charge in [-0.05, 0) is 18.2 Å².